The molecule has 1 aromatic carbocycles. The molecule has 0 aliphatic carbocycles. The monoisotopic (exact) mass is 319 g/mol. The second kappa shape index (κ2) is 5.17. The van der Waals surface area contributed by atoms with Crippen LogP contribution in [0.15, 0.2) is 24.4 Å². The van der Waals surface area contributed by atoms with Gasteiger partial charge in [0.05, 0.1) is 22.3 Å². The molecule has 84 valence electrons. The van der Waals surface area contributed by atoms with Gasteiger partial charge in [-0.15, -0.1) is 5.10 Å². The van der Waals surface area contributed by atoms with E-state index in [-0.39, 0.29) is 0 Å². The van der Waals surface area contributed by atoms with Crippen molar-refractivity contribution < 1.29 is 0 Å². The third-order valence-corrected chi connectivity index (χ3v) is 3.52. The van der Waals surface area contributed by atoms with Crippen LogP contribution in [0.1, 0.15) is 11.3 Å². The minimum absolute atomic E-state index is 0.556. The van der Waals surface area contributed by atoms with E-state index in [1.807, 2.05) is 18.3 Å². The van der Waals surface area contributed by atoms with Crippen LogP contribution in [-0.2, 0) is 11.9 Å². The third-order valence-electron chi connectivity index (χ3n) is 2.09. The molecule has 0 spiro atoms. The lowest BCUT2D eigenvalue weighted by atomic mass is 10.2. The molecule has 0 amide bonds. The van der Waals surface area contributed by atoms with Gasteiger partial charge in [-0.3, -0.25) is 0 Å². The van der Waals surface area contributed by atoms with Crippen LogP contribution in [0.4, 0.5) is 0 Å². The molecule has 0 aliphatic rings. The Morgan fingerprint density at radius 3 is 2.81 bits per heavy atom. The van der Waals surface area contributed by atoms with Crippen LogP contribution in [0.3, 0.4) is 0 Å². The number of hydrogen-bond acceptors (Lipinski definition) is 2. The number of benzene rings is 1. The number of rotatable bonds is 3. The Hall–Kier alpha value is -0.580. The van der Waals surface area contributed by atoms with E-state index in [4.69, 9.17) is 23.2 Å². The maximum Gasteiger partial charge on any atom is 0.0932 e. The van der Waals surface area contributed by atoms with Gasteiger partial charge in [0.1, 0.15) is 0 Å². The zero-order valence-electron chi connectivity index (χ0n) is 8.20. The van der Waals surface area contributed by atoms with Crippen molar-refractivity contribution >= 4 is 39.1 Å². The number of nitrogens with zero attached hydrogens (tertiary/aromatic N) is 3. The van der Waals surface area contributed by atoms with Crippen molar-refractivity contribution in [1.82, 2.24) is 15.0 Å². The summed E-state index contributed by atoms with van der Waals surface area (Å²) in [4.78, 5) is 0. The quantitative estimate of drug-likeness (QED) is 0.810. The number of hydrogen-bond donors (Lipinski definition) is 0. The van der Waals surface area contributed by atoms with Crippen LogP contribution in [0.25, 0.3) is 0 Å². The Bertz CT molecular complexity index is 499. The fourth-order valence-corrected chi connectivity index (χ4v) is 1.96. The van der Waals surface area contributed by atoms with Crippen molar-refractivity contribution in [2.24, 2.45) is 0 Å². The number of halogens is 3. The zero-order valence-corrected chi connectivity index (χ0v) is 11.3. The average Bonchev–Trinajstić information content (AvgIpc) is 2.73. The maximum absolute atomic E-state index is 6.08. The van der Waals surface area contributed by atoms with E-state index in [0.29, 0.717) is 21.9 Å². The van der Waals surface area contributed by atoms with Gasteiger partial charge in [0.25, 0.3) is 0 Å². The molecule has 6 heteroatoms. The van der Waals surface area contributed by atoms with Crippen LogP contribution in [0, 0.1) is 0 Å². The number of alkyl halides is 1. The Kier molecular flexibility index (Phi) is 3.84. The molecule has 0 N–H and O–H groups in total. The van der Waals surface area contributed by atoms with Crippen LogP contribution in [0.2, 0.25) is 10.0 Å². The smallest absolute Gasteiger partial charge is 0.0932 e. The van der Waals surface area contributed by atoms with E-state index in [1.165, 1.54) is 0 Å². The summed E-state index contributed by atoms with van der Waals surface area (Å²) >= 11 is 15.3. The average molecular weight is 321 g/mol. The van der Waals surface area contributed by atoms with Gasteiger partial charge in [-0.25, -0.2) is 4.68 Å². The molecule has 2 rings (SSSR count). The lowest BCUT2D eigenvalue weighted by Gasteiger charge is -2.04. The minimum Gasteiger partial charge on any atom is -0.248 e. The maximum atomic E-state index is 6.08. The summed E-state index contributed by atoms with van der Waals surface area (Å²) < 4.78 is 1.73. The summed E-state index contributed by atoms with van der Waals surface area (Å²) in [5, 5.41) is 9.78. The molecule has 16 heavy (non-hydrogen) atoms. The molecule has 0 saturated heterocycles. The molecule has 0 saturated carbocycles. The molecule has 2 aromatic rings. The van der Waals surface area contributed by atoms with Gasteiger partial charge >= 0.3 is 0 Å². The Morgan fingerprint density at radius 1 is 1.31 bits per heavy atom. The van der Waals surface area contributed by atoms with E-state index >= 15 is 0 Å². The van der Waals surface area contributed by atoms with Crippen molar-refractivity contribution in [2.45, 2.75) is 11.9 Å². The van der Waals surface area contributed by atoms with Crippen molar-refractivity contribution in [2.75, 3.05) is 0 Å². The van der Waals surface area contributed by atoms with E-state index in [9.17, 15) is 0 Å². The van der Waals surface area contributed by atoms with Crippen molar-refractivity contribution in [3.63, 3.8) is 0 Å². The molecule has 3 nitrogen and oxygen atoms in total. The second-order valence-electron chi connectivity index (χ2n) is 3.25. The summed E-state index contributed by atoms with van der Waals surface area (Å²) in [6.07, 6.45) is 1.87. The second-order valence-corrected chi connectivity index (χ2v) is 4.60. The Morgan fingerprint density at radius 2 is 2.12 bits per heavy atom. The predicted octanol–water partition coefficient (Wildman–Crippen LogP) is 3.53. The summed E-state index contributed by atoms with van der Waals surface area (Å²) in [5.74, 6) is 0. The summed E-state index contributed by atoms with van der Waals surface area (Å²) in [7, 11) is 0. The first-order chi connectivity index (χ1) is 7.70. The van der Waals surface area contributed by atoms with Crippen LogP contribution in [-0.4, -0.2) is 15.0 Å². The zero-order chi connectivity index (χ0) is 11.5. The molecule has 0 atom stereocenters. The fourth-order valence-electron chi connectivity index (χ4n) is 1.32. The highest BCUT2D eigenvalue weighted by Crippen LogP contribution is 2.25. The molecule has 0 bridgehead atoms. The number of aromatic nitrogens is 3. The first-order valence-corrected chi connectivity index (χ1v) is 6.46. The van der Waals surface area contributed by atoms with E-state index in [0.717, 1.165) is 11.3 Å². The highest BCUT2D eigenvalue weighted by atomic mass is 79.9. The molecule has 0 unspecified atom stereocenters. The fraction of sp³-hybridized carbons (Fsp3) is 0.200. The van der Waals surface area contributed by atoms with Crippen LogP contribution < -0.4 is 0 Å². The first kappa shape index (κ1) is 11.9. The van der Waals surface area contributed by atoms with Crippen LogP contribution in [0.5, 0.6) is 0 Å². The molecule has 1 aromatic heterocycles. The van der Waals surface area contributed by atoms with E-state index in [2.05, 4.69) is 26.2 Å². The van der Waals surface area contributed by atoms with Gasteiger partial charge in [-0.1, -0.05) is 56.5 Å². The van der Waals surface area contributed by atoms with Gasteiger partial charge < -0.3 is 0 Å². The highest BCUT2D eigenvalue weighted by molar-refractivity contribution is 9.08. The van der Waals surface area contributed by atoms with Gasteiger partial charge in [0.2, 0.25) is 0 Å². The molecular weight excluding hydrogens is 313 g/mol. The largest absolute Gasteiger partial charge is 0.248 e. The Balaban J connectivity index is 2.23. The standard InChI is InChI=1S/C10H8BrCl2N3/c11-4-8-6-16(15-14-8)5-7-2-1-3-9(12)10(7)13/h1-3,6H,4-5H2. The SMILES string of the molecule is Clc1cccc(Cn2cc(CBr)nn2)c1Cl. The minimum atomic E-state index is 0.556. The van der Waals surface area contributed by atoms with Gasteiger partial charge in [-0.05, 0) is 11.6 Å². The molecule has 0 aliphatic heterocycles. The molecule has 0 fully saturated rings. The topological polar surface area (TPSA) is 30.7 Å². The first-order valence-electron chi connectivity index (χ1n) is 4.58. The lowest BCUT2D eigenvalue weighted by molar-refractivity contribution is 0.649. The summed E-state index contributed by atoms with van der Waals surface area (Å²) in [6.45, 7) is 0.569. The molecular formula is C10H8BrCl2N3. The van der Waals surface area contributed by atoms with E-state index < -0.39 is 0 Å². The van der Waals surface area contributed by atoms with Crippen molar-refractivity contribution in [1.29, 1.82) is 0 Å². The molecule has 0 radical (unpaired) electrons. The van der Waals surface area contributed by atoms with E-state index in [1.54, 1.807) is 10.7 Å². The summed E-state index contributed by atoms with van der Waals surface area (Å²) in [6, 6.07) is 5.55. The lowest BCUT2D eigenvalue weighted by Crippen LogP contribution is -2.01. The Labute approximate surface area is 111 Å². The third kappa shape index (κ3) is 2.56. The predicted molar refractivity (Wildman–Crippen MR) is 68.2 cm³/mol. The van der Waals surface area contributed by atoms with Gasteiger partial charge in [0, 0.05) is 11.5 Å². The van der Waals surface area contributed by atoms with Gasteiger partial charge in [0.15, 0.2) is 0 Å². The molecule has 1 heterocycles. The normalized spacial score (nSPS) is 10.7. The van der Waals surface area contributed by atoms with Crippen LogP contribution >= 0.6 is 39.1 Å². The van der Waals surface area contributed by atoms with Gasteiger partial charge in [-0.2, -0.15) is 0 Å². The highest BCUT2D eigenvalue weighted by Gasteiger charge is 2.06. The van der Waals surface area contributed by atoms with Crippen molar-refractivity contribution in [3.05, 3.63) is 45.7 Å². The summed E-state index contributed by atoms with van der Waals surface area (Å²) in [5.41, 5.74) is 1.82. The van der Waals surface area contributed by atoms with Crippen molar-refractivity contribution in [3.8, 4) is 0 Å².